The number of sulfonamides is 1. The van der Waals surface area contributed by atoms with Crippen molar-refractivity contribution in [2.45, 2.75) is 24.2 Å². The molecule has 2 aromatic carbocycles. The van der Waals surface area contributed by atoms with Gasteiger partial charge in [0.15, 0.2) is 0 Å². The highest BCUT2D eigenvalue weighted by Crippen LogP contribution is 2.30. The van der Waals surface area contributed by atoms with Crippen LogP contribution in [0.5, 0.6) is 0 Å². The number of amides is 1. The maximum absolute atomic E-state index is 12.7. The molecule has 0 bridgehead atoms. The van der Waals surface area contributed by atoms with E-state index in [0.717, 1.165) is 29.3 Å². The number of nitrogens with one attached hydrogen (secondary N) is 2. The van der Waals surface area contributed by atoms with E-state index in [2.05, 4.69) is 5.32 Å². The number of alkyl halides is 3. The van der Waals surface area contributed by atoms with E-state index in [1.165, 1.54) is 0 Å². The Morgan fingerprint density at radius 2 is 1.71 bits per heavy atom. The molecule has 0 radical (unpaired) electrons. The van der Waals surface area contributed by atoms with Gasteiger partial charge in [-0.05, 0) is 29.3 Å². The zero-order valence-electron chi connectivity index (χ0n) is 14.9. The molecule has 0 unspecified atom stereocenters. The van der Waals surface area contributed by atoms with E-state index >= 15 is 0 Å². The SMILES string of the molecule is COCc1ccc(CNC(=O)CNS(=O)(=O)c2cccc(C(F)(F)F)c2)cc1. The highest BCUT2D eigenvalue weighted by Gasteiger charge is 2.31. The number of ether oxygens (including phenoxy) is 1. The smallest absolute Gasteiger partial charge is 0.380 e. The predicted octanol–water partition coefficient (Wildman–Crippen LogP) is 2.45. The van der Waals surface area contributed by atoms with Crippen molar-refractivity contribution in [1.82, 2.24) is 10.0 Å². The van der Waals surface area contributed by atoms with Crippen LogP contribution in [-0.4, -0.2) is 28.0 Å². The van der Waals surface area contributed by atoms with E-state index in [-0.39, 0.29) is 6.54 Å². The molecular formula is C18H19F3N2O4S. The Morgan fingerprint density at radius 3 is 2.32 bits per heavy atom. The molecule has 0 aliphatic heterocycles. The molecule has 0 saturated carbocycles. The summed E-state index contributed by atoms with van der Waals surface area (Å²) in [5, 5.41) is 2.53. The molecular weight excluding hydrogens is 397 g/mol. The molecule has 2 rings (SSSR count). The van der Waals surface area contributed by atoms with Crippen molar-refractivity contribution in [3.8, 4) is 0 Å². The van der Waals surface area contributed by atoms with Crippen molar-refractivity contribution in [3.05, 3.63) is 65.2 Å². The Kier molecular flexibility index (Phi) is 7.17. The van der Waals surface area contributed by atoms with Crippen molar-refractivity contribution in [2.75, 3.05) is 13.7 Å². The van der Waals surface area contributed by atoms with E-state index in [4.69, 9.17) is 4.74 Å². The number of methoxy groups -OCH3 is 1. The zero-order valence-corrected chi connectivity index (χ0v) is 15.7. The van der Waals surface area contributed by atoms with Crippen LogP contribution in [-0.2, 0) is 38.9 Å². The van der Waals surface area contributed by atoms with Crippen molar-refractivity contribution in [3.63, 3.8) is 0 Å². The molecule has 1 amide bonds. The largest absolute Gasteiger partial charge is 0.416 e. The zero-order chi connectivity index (χ0) is 20.8. The molecule has 6 nitrogen and oxygen atoms in total. The molecule has 0 saturated heterocycles. The standard InChI is InChI=1S/C18H19F3N2O4S/c1-27-12-14-7-5-13(6-8-14)10-22-17(24)11-23-28(25,26)16-4-2-3-15(9-16)18(19,20)21/h2-9,23H,10-12H2,1H3,(H,22,24). The maximum Gasteiger partial charge on any atom is 0.416 e. The fourth-order valence-corrected chi connectivity index (χ4v) is 3.29. The lowest BCUT2D eigenvalue weighted by Gasteiger charge is -2.11. The number of hydrogen-bond donors (Lipinski definition) is 2. The lowest BCUT2D eigenvalue weighted by atomic mass is 10.1. The molecule has 28 heavy (non-hydrogen) atoms. The minimum Gasteiger partial charge on any atom is -0.380 e. The van der Waals surface area contributed by atoms with E-state index in [1.54, 1.807) is 19.2 Å². The van der Waals surface area contributed by atoms with Gasteiger partial charge in [-0.25, -0.2) is 13.1 Å². The highest BCUT2D eigenvalue weighted by atomic mass is 32.2. The van der Waals surface area contributed by atoms with Crippen LogP contribution in [0.3, 0.4) is 0 Å². The summed E-state index contributed by atoms with van der Waals surface area (Å²) < 4.78 is 69.4. The van der Waals surface area contributed by atoms with Crippen LogP contribution in [0, 0.1) is 0 Å². The van der Waals surface area contributed by atoms with Crippen molar-refractivity contribution < 1.29 is 31.1 Å². The summed E-state index contributed by atoms with van der Waals surface area (Å²) in [4.78, 5) is 11.3. The van der Waals surface area contributed by atoms with E-state index < -0.39 is 39.1 Å². The minimum atomic E-state index is -4.66. The predicted molar refractivity (Wildman–Crippen MR) is 95.6 cm³/mol. The minimum absolute atomic E-state index is 0.178. The summed E-state index contributed by atoms with van der Waals surface area (Å²) in [6, 6.07) is 10.6. The molecule has 0 fully saturated rings. The average Bonchev–Trinajstić information content (AvgIpc) is 2.65. The van der Waals surface area contributed by atoms with Gasteiger partial charge in [0, 0.05) is 13.7 Å². The van der Waals surface area contributed by atoms with Crippen LogP contribution in [0.1, 0.15) is 16.7 Å². The normalized spacial score (nSPS) is 12.0. The lowest BCUT2D eigenvalue weighted by molar-refractivity contribution is -0.137. The first-order valence-corrected chi connectivity index (χ1v) is 9.60. The van der Waals surface area contributed by atoms with Gasteiger partial charge >= 0.3 is 6.18 Å². The molecule has 2 aromatic rings. The van der Waals surface area contributed by atoms with Crippen molar-refractivity contribution in [2.24, 2.45) is 0 Å². The fraction of sp³-hybridized carbons (Fsp3) is 0.278. The van der Waals surface area contributed by atoms with Crippen LogP contribution in [0.4, 0.5) is 13.2 Å². The molecule has 10 heteroatoms. The average molecular weight is 416 g/mol. The number of carbonyl (C=O) groups excluding carboxylic acids is 1. The second kappa shape index (κ2) is 9.18. The van der Waals surface area contributed by atoms with Crippen LogP contribution in [0.25, 0.3) is 0 Å². The number of carbonyl (C=O) groups is 1. The molecule has 0 aromatic heterocycles. The van der Waals surface area contributed by atoms with Gasteiger partial charge in [-0.15, -0.1) is 0 Å². The summed E-state index contributed by atoms with van der Waals surface area (Å²) >= 11 is 0. The molecule has 2 N–H and O–H groups in total. The summed E-state index contributed by atoms with van der Waals surface area (Å²) in [7, 11) is -2.68. The molecule has 0 spiro atoms. The molecule has 0 heterocycles. The lowest BCUT2D eigenvalue weighted by Crippen LogP contribution is -2.36. The molecule has 0 atom stereocenters. The van der Waals surface area contributed by atoms with E-state index in [9.17, 15) is 26.4 Å². The Hall–Kier alpha value is -2.43. The number of hydrogen-bond acceptors (Lipinski definition) is 4. The topological polar surface area (TPSA) is 84.5 Å². The van der Waals surface area contributed by atoms with Crippen LogP contribution in [0.2, 0.25) is 0 Å². The molecule has 152 valence electrons. The number of benzene rings is 2. The first-order chi connectivity index (χ1) is 13.1. The van der Waals surface area contributed by atoms with Gasteiger partial charge in [0.2, 0.25) is 15.9 Å². The third kappa shape index (κ3) is 6.32. The Morgan fingerprint density at radius 1 is 1.07 bits per heavy atom. The van der Waals surface area contributed by atoms with Gasteiger partial charge in [0.1, 0.15) is 0 Å². The second-order valence-electron chi connectivity index (χ2n) is 5.88. The van der Waals surface area contributed by atoms with Gasteiger partial charge in [0.25, 0.3) is 0 Å². The van der Waals surface area contributed by atoms with Crippen LogP contribution >= 0.6 is 0 Å². The van der Waals surface area contributed by atoms with Crippen LogP contribution in [0.15, 0.2) is 53.4 Å². The first kappa shape index (κ1) is 21.9. The number of halogens is 3. The van der Waals surface area contributed by atoms with Crippen LogP contribution < -0.4 is 10.0 Å². The van der Waals surface area contributed by atoms with Crippen molar-refractivity contribution >= 4 is 15.9 Å². The quantitative estimate of drug-likeness (QED) is 0.692. The third-order valence-corrected chi connectivity index (χ3v) is 5.12. The monoisotopic (exact) mass is 416 g/mol. The molecule has 0 aliphatic carbocycles. The second-order valence-corrected chi connectivity index (χ2v) is 7.64. The third-order valence-electron chi connectivity index (χ3n) is 3.72. The van der Waals surface area contributed by atoms with Gasteiger partial charge in [-0.3, -0.25) is 4.79 Å². The summed E-state index contributed by atoms with van der Waals surface area (Å²) in [5.41, 5.74) is 0.678. The maximum atomic E-state index is 12.7. The van der Waals surface area contributed by atoms with E-state index in [0.29, 0.717) is 12.7 Å². The van der Waals surface area contributed by atoms with Gasteiger partial charge in [-0.1, -0.05) is 30.3 Å². The highest BCUT2D eigenvalue weighted by molar-refractivity contribution is 7.89. The Bertz CT molecular complexity index is 913. The number of rotatable bonds is 8. The summed E-state index contributed by atoms with van der Waals surface area (Å²) in [6.07, 6.45) is -4.66. The van der Waals surface area contributed by atoms with E-state index in [1.807, 2.05) is 16.9 Å². The summed E-state index contributed by atoms with van der Waals surface area (Å²) in [5.74, 6) is -0.614. The Balaban J connectivity index is 1.91. The van der Waals surface area contributed by atoms with Gasteiger partial charge in [-0.2, -0.15) is 13.2 Å². The van der Waals surface area contributed by atoms with Crippen molar-refractivity contribution in [1.29, 1.82) is 0 Å². The van der Waals surface area contributed by atoms with Gasteiger partial charge in [0.05, 0.1) is 23.6 Å². The summed E-state index contributed by atoms with van der Waals surface area (Å²) in [6.45, 7) is 0.0433. The molecule has 0 aliphatic rings. The first-order valence-electron chi connectivity index (χ1n) is 8.12. The fourth-order valence-electron chi connectivity index (χ4n) is 2.27. The van der Waals surface area contributed by atoms with Gasteiger partial charge < -0.3 is 10.1 Å². The Labute approximate surface area is 160 Å².